The van der Waals surface area contributed by atoms with Crippen LogP contribution < -0.4 is 16.0 Å². The van der Waals surface area contributed by atoms with Gasteiger partial charge in [-0.15, -0.1) is 11.3 Å². The Kier molecular flexibility index (Phi) is 8.35. The minimum Gasteiger partial charge on any atom is -0.383 e. The number of aromatic nitrogens is 3. The zero-order chi connectivity index (χ0) is 25.6. The Morgan fingerprint density at radius 2 is 1.94 bits per heavy atom. The smallest absolute Gasteiger partial charge is 0.383 e. The van der Waals surface area contributed by atoms with Gasteiger partial charge >= 0.3 is 12.2 Å². The fourth-order valence-electron chi connectivity index (χ4n) is 3.09. The van der Waals surface area contributed by atoms with Crippen LogP contribution in [0.1, 0.15) is 29.9 Å². The van der Waals surface area contributed by atoms with Gasteiger partial charge in [-0.3, -0.25) is 15.1 Å². The number of carbonyl (C=O) groups excluding carboxylic acids is 2. The average molecular weight is 509 g/mol. The molecule has 0 radical (unpaired) electrons. The minimum atomic E-state index is -4.61. The summed E-state index contributed by atoms with van der Waals surface area (Å²) >= 11 is 0.800. The molecule has 1 unspecified atom stereocenters. The predicted molar refractivity (Wildman–Crippen MR) is 125 cm³/mol. The van der Waals surface area contributed by atoms with Crippen LogP contribution in [0.5, 0.6) is 0 Å². The highest BCUT2D eigenvalue weighted by Gasteiger charge is 2.34. The van der Waals surface area contributed by atoms with Gasteiger partial charge in [-0.1, -0.05) is 0 Å². The van der Waals surface area contributed by atoms with Gasteiger partial charge in [0.2, 0.25) is 0 Å². The summed E-state index contributed by atoms with van der Waals surface area (Å²) in [7, 11) is 1.52. The lowest BCUT2D eigenvalue weighted by atomic mass is 10.0. The number of pyridine rings is 2. The fraction of sp³-hybridized carbons (Fsp3) is 0.318. The Balaban J connectivity index is 2.03. The molecule has 0 saturated carbocycles. The number of alkyl halides is 3. The first-order valence-electron chi connectivity index (χ1n) is 10.5. The zero-order valence-corrected chi connectivity index (χ0v) is 19.9. The SMILES string of the molecule is CCNC(=O)Nc1cc(-c2nc(C(F)(F)F)cs2)c(-c2cncc(C(=O)NC(C)COC)c2)cn1. The molecule has 3 heterocycles. The summed E-state index contributed by atoms with van der Waals surface area (Å²) in [6.45, 7) is 4.21. The van der Waals surface area contributed by atoms with E-state index in [1.54, 1.807) is 19.9 Å². The van der Waals surface area contributed by atoms with Crippen LogP contribution in [-0.2, 0) is 10.9 Å². The molecule has 0 aliphatic carbocycles. The topological polar surface area (TPSA) is 118 Å². The van der Waals surface area contributed by atoms with E-state index >= 15 is 0 Å². The van der Waals surface area contributed by atoms with Crippen LogP contribution >= 0.6 is 11.3 Å². The van der Waals surface area contributed by atoms with E-state index < -0.39 is 17.9 Å². The highest BCUT2D eigenvalue weighted by Crippen LogP contribution is 2.38. The molecule has 3 rings (SSSR count). The molecule has 3 N–H and O–H groups in total. The van der Waals surface area contributed by atoms with Crippen molar-refractivity contribution in [1.29, 1.82) is 0 Å². The Hall–Kier alpha value is -3.58. The largest absolute Gasteiger partial charge is 0.434 e. The summed E-state index contributed by atoms with van der Waals surface area (Å²) in [6.07, 6.45) is -0.382. The number of carbonyl (C=O) groups is 2. The Bertz CT molecular complexity index is 1200. The molecule has 3 aromatic rings. The third-order valence-corrected chi connectivity index (χ3v) is 5.49. The van der Waals surface area contributed by atoms with Gasteiger partial charge < -0.3 is 15.4 Å². The van der Waals surface area contributed by atoms with Gasteiger partial charge in [0.05, 0.1) is 12.2 Å². The van der Waals surface area contributed by atoms with Crippen LogP contribution in [0.4, 0.5) is 23.8 Å². The lowest BCUT2D eigenvalue weighted by Crippen LogP contribution is -2.35. The molecule has 9 nitrogen and oxygen atoms in total. The van der Waals surface area contributed by atoms with E-state index in [1.807, 2.05) is 0 Å². The molecule has 0 spiro atoms. The number of hydrogen-bond donors (Lipinski definition) is 3. The predicted octanol–water partition coefficient (Wildman–Crippen LogP) is 4.19. The van der Waals surface area contributed by atoms with Gasteiger partial charge in [0, 0.05) is 60.4 Å². The number of thiazole rings is 1. The van der Waals surface area contributed by atoms with Gasteiger partial charge in [0.1, 0.15) is 10.8 Å². The molecular weight excluding hydrogens is 485 g/mol. The molecule has 0 fully saturated rings. The van der Waals surface area contributed by atoms with Gasteiger partial charge in [-0.05, 0) is 26.0 Å². The first-order valence-corrected chi connectivity index (χ1v) is 11.3. The molecule has 0 aliphatic rings. The lowest BCUT2D eigenvalue weighted by Gasteiger charge is -2.14. The number of ether oxygens (including phenoxy) is 1. The highest BCUT2D eigenvalue weighted by molar-refractivity contribution is 7.13. The van der Waals surface area contributed by atoms with E-state index in [2.05, 4.69) is 30.9 Å². The van der Waals surface area contributed by atoms with Crippen molar-refractivity contribution in [1.82, 2.24) is 25.6 Å². The number of anilines is 1. The number of halogens is 3. The summed E-state index contributed by atoms with van der Waals surface area (Å²) < 4.78 is 44.6. The normalized spacial score (nSPS) is 12.2. The molecule has 0 saturated heterocycles. The molecule has 1 atom stereocenters. The maximum absolute atomic E-state index is 13.2. The number of methoxy groups -OCH3 is 1. The first kappa shape index (κ1) is 26.0. The fourth-order valence-corrected chi connectivity index (χ4v) is 3.95. The van der Waals surface area contributed by atoms with Gasteiger partial charge in [-0.2, -0.15) is 13.2 Å². The third-order valence-electron chi connectivity index (χ3n) is 4.61. The van der Waals surface area contributed by atoms with E-state index in [-0.39, 0.29) is 28.3 Å². The average Bonchev–Trinajstić information content (AvgIpc) is 3.30. The Morgan fingerprint density at radius 1 is 1.17 bits per heavy atom. The molecule has 35 heavy (non-hydrogen) atoms. The zero-order valence-electron chi connectivity index (χ0n) is 19.1. The number of nitrogens with zero attached hydrogens (tertiary/aromatic N) is 3. The van der Waals surface area contributed by atoms with Crippen LogP contribution in [0.15, 0.2) is 36.1 Å². The summed E-state index contributed by atoms with van der Waals surface area (Å²) in [5.74, 6) is -0.268. The van der Waals surface area contributed by atoms with Crippen molar-refractivity contribution in [2.45, 2.75) is 26.1 Å². The van der Waals surface area contributed by atoms with Crippen LogP contribution in [-0.4, -0.2) is 53.2 Å². The van der Waals surface area contributed by atoms with Crippen LogP contribution in [0.3, 0.4) is 0 Å². The van der Waals surface area contributed by atoms with Crippen molar-refractivity contribution in [3.8, 4) is 21.7 Å². The lowest BCUT2D eigenvalue weighted by molar-refractivity contribution is -0.140. The number of amides is 3. The van der Waals surface area contributed by atoms with Crippen molar-refractivity contribution in [2.75, 3.05) is 25.6 Å². The summed E-state index contributed by atoms with van der Waals surface area (Å²) in [4.78, 5) is 36.6. The van der Waals surface area contributed by atoms with Crippen LogP contribution in [0.25, 0.3) is 21.7 Å². The second kappa shape index (κ2) is 11.2. The minimum absolute atomic E-state index is 0.0669. The number of hydrogen-bond acceptors (Lipinski definition) is 7. The van der Waals surface area contributed by atoms with E-state index in [0.717, 1.165) is 16.7 Å². The first-order chi connectivity index (χ1) is 16.6. The number of rotatable bonds is 8. The quantitative estimate of drug-likeness (QED) is 0.420. The summed E-state index contributed by atoms with van der Waals surface area (Å²) in [5, 5.41) is 8.84. The monoisotopic (exact) mass is 508 g/mol. The van der Waals surface area contributed by atoms with E-state index in [0.29, 0.717) is 29.8 Å². The molecule has 186 valence electrons. The van der Waals surface area contributed by atoms with E-state index in [4.69, 9.17) is 4.74 Å². The van der Waals surface area contributed by atoms with Crippen LogP contribution in [0, 0.1) is 0 Å². The van der Waals surface area contributed by atoms with Crippen molar-refractivity contribution < 1.29 is 27.5 Å². The number of urea groups is 1. The van der Waals surface area contributed by atoms with Gasteiger partial charge in [0.15, 0.2) is 5.69 Å². The second-order valence-electron chi connectivity index (χ2n) is 7.43. The highest BCUT2D eigenvalue weighted by atomic mass is 32.1. The molecule has 0 aliphatic heterocycles. The molecule has 13 heteroatoms. The summed E-state index contributed by atoms with van der Waals surface area (Å²) in [5.41, 5.74) is 0.335. The molecule has 0 bridgehead atoms. The van der Waals surface area contributed by atoms with E-state index in [1.165, 1.54) is 31.8 Å². The van der Waals surface area contributed by atoms with Gasteiger partial charge in [0.25, 0.3) is 5.91 Å². The molecule has 0 aromatic carbocycles. The van der Waals surface area contributed by atoms with Crippen molar-refractivity contribution in [2.24, 2.45) is 0 Å². The number of nitrogens with one attached hydrogen (secondary N) is 3. The Morgan fingerprint density at radius 3 is 2.60 bits per heavy atom. The van der Waals surface area contributed by atoms with Crippen LogP contribution in [0.2, 0.25) is 0 Å². The third kappa shape index (κ3) is 6.73. The second-order valence-corrected chi connectivity index (χ2v) is 8.29. The molecule has 3 aromatic heterocycles. The van der Waals surface area contributed by atoms with Crippen molar-refractivity contribution in [3.05, 3.63) is 47.4 Å². The maximum Gasteiger partial charge on any atom is 0.434 e. The molecular formula is C22H23F3N6O3S. The van der Waals surface area contributed by atoms with Crippen molar-refractivity contribution in [3.63, 3.8) is 0 Å². The summed E-state index contributed by atoms with van der Waals surface area (Å²) in [6, 6.07) is 2.22. The standard InChI is InChI=1S/C22H23F3N6O3S/c1-4-27-21(33)31-18-6-15(20-30-17(11-35-20)22(23,24)25)16(9-28-18)13-5-14(8-26-7-13)19(32)29-12(2)10-34-3/h5-9,11-12H,4,10H2,1-3H3,(H,29,32)(H2,27,28,31,33). The van der Waals surface area contributed by atoms with Gasteiger partial charge in [-0.25, -0.2) is 14.8 Å². The van der Waals surface area contributed by atoms with Crippen molar-refractivity contribution >= 4 is 29.1 Å². The molecule has 3 amide bonds. The Labute approximate surface area is 203 Å². The maximum atomic E-state index is 13.2. The van der Waals surface area contributed by atoms with E-state index in [9.17, 15) is 22.8 Å².